The van der Waals surface area contributed by atoms with Crippen LogP contribution < -0.4 is 10.6 Å². The van der Waals surface area contributed by atoms with Crippen molar-refractivity contribution in [1.82, 2.24) is 15.6 Å². The predicted octanol–water partition coefficient (Wildman–Crippen LogP) is 6.20. The monoisotopic (exact) mass is 575 g/mol. The maximum absolute atomic E-state index is 12.3. The van der Waals surface area contributed by atoms with E-state index in [2.05, 4.69) is 32.5 Å². The van der Waals surface area contributed by atoms with Crippen molar-refractivity contribution < 1.29 is 24.6 Å². The third-order valence-electron chi connectivity index (χ3n) is 7.25. The number of allylic oxidation sites excluding steroid dienone is 1. The van der Waals surface area contributed by atoms with Crippen molar-refractivity contribution in [2.24, 2.45) is 0 Å². The number of aromatic nitrogens is 2. The molecule has 11 heteroatoms. The molecule has 11 nitrogen and oxygen atoms in total. The van der Waals surface area contributed by atoms with Crippen LogP contribution in [0.1, 0.15) is 110 Å². The standard InChI is InChI=1S/C30H49N5O6/c1-2-3-4-5-6-7-8-9-10-11-12-13-15-18-27(37)25(23-36)32-28(38)19-16-14-17-22-31-24-20-21-26(35(39)40)30-29(24)33-41-34-30/h15,18,20-21,25,27,31,36-37H,2-14,16-17,19,22-23H2,1H3,(H,32,38)/b18-15+/t25-,27+/m0/s1. The van der Waals surface area contributed by atoms with Crippen molar-refractivity contribution in [3.8, 4) is 0 Å². The lowest BCUT2D eigenvalue weighted by molar-refractivity contribution is -0.383. The molecule has 0 saturated carbocycles. The molecule has 0 aliphatic heterocycles. The first kappa shape index (κ1) is 34.2. The number of rotatable bonds is 24. The Hall–Kier alpha value is -3.05. The van der Waals surface area contributed by atoms with Crippen LogP contribution in [0.25, 0.3) is 11.0 Å². The highest BCUT2D eigenvalue weighted by atomic mass is 16.6. The topological polar surface area (TPSA) is 164 Å². The van der Waals surface area contributed by atoms with Gasteiger partial charge in [0.05, 0.1) is 29.4 Å². The number of nitrogens with zero attached hydrogens (tertiary/aromatic N) is 3. The van der Waals surface area contributed by atoms with Gasteiger partial charge in [0, 0.05) is 19.0 Å². The number of carbonyl (C=O) groups excluding carboxylic acids is 1. The summed E-state index contributed by atoms with van der Waals surface area (Å²) in [5.74, 6) is -0.208. The lowest BCUT2D eigenvalue weighted by Gasteiger charge is -2.20. The molecule has 0 aliphatic rings. The van der Waals surface area contributed by atoms with E-state index >= 15 is 0 Å². The van der Waals surface area contributed by atoms with Crippen molar-refractivity contribution in [1.29, 1.82) is 0 Å². The number of fused-ring (bicyclic) bond motifs is 1. The summed E-state index contributed by atoms with van der Waals surface area (Å²) in [6.07, 6.45) is 20.3. The molecule has 0 radical (unpaired) electrons. The first-order chi connectivity index (χ1) is 20.0. The smallest absolute Gasteiger partial charge is 0.300 e. The van der Waals surface area contributed by atoms with Crippen molar-refractivity contribution in [3.63, 3.8) is 0 Å². The zero-order valence-electron chi connectivity index (χ0n) is 24.6. The Morgan fingerprint density at radius 2 is 1.61 bits per heavy atom. The van der Waals surface area contributed by atoms with E-state index in [1.54, 1.807) is 12.1 Å². The van der Waals surface area contributed by atoms with Crippen molar-refractivity contribution >= 4 is 28.3 Å². The quantitative estimate of drug-likeness (QED) is 0.0494. The van der Waals surface area contributed by atoms with E-state index in [0.29, 0.717) is 30.6 Å². The highest BCUT2D eigenvalue weighted by Crippen LogP contribution is 2.28. The summed E-state index contributed by atoms with van der Waals surface area (Å²) in [5, 5.41) is 44.4. The van der Waals surface area contributed by atoms with Crippen LogP contribution >= 0.6 is 0 Å². The molecule has 2 aromatic rings. The molecule has 1 amide bonds. The second-order valence-corrected chi connectivity index (χ2v) is 10.7. The minimum atomic E-state index is -0.926. The maximum Gasteiger partial charge on any atom is 0.300 e. The Morgan fingerprint density at radius 1 is 0.976 bits per heavy atom. The van der Waals surface area contributed by atoms with Crippen LogP contribution in [0, 0.1) is 10.1 Å². The molecular formula is C30H49N5O6. The number of aliphatic hydroxyl groups is 2. The molecule has 0 spiro atoms. The lowest BCUT2D eigenvalue weighted by atomic mass is 10.0. The van der Waals surface area contributed by atoms with E-state index < -0.39 is 17.1 Å². The van der Waals surface area contributed by atoms with Gasteiger partial charge in [-0.2, -0.15) is 0 Å². The lowest BCUT2D eigenvalue weighted by Crippen LogP contribution is -2.45. The van der Waals surface area contributed by atoms with Gasteiger partial charge >= 0.3 is 5.69 Å². The van der Waals surface area contributed by atoms with Crippen LogP contribution in [-0.2, 0) is 4.79 Å². The number of amides is 1. The number of nitro groups is 1. The van der Waals surface area contributed by atoms with Crippen LogP contribution in [0.4, 0.5) is 11.4 Å². The van der Waals surface area contributed by atoms with Crippen LogP contribution in [-0.4, -0.2) is 56.7 Å². The second-order valence-electron chi connectivity index (χ2n) is 10.7. The van der Waals surface area contributed by atoms with Gasteiger partial charge in [-0.1, -0.05) is 89.7 Å². The number of unbranched alkanes of at least 4 members (excludes halogenated alkanes) is 13. The number of hydrogen-bond acceptors (Lipinski definition) is 9. The number of carbonyl (C=O) groups is 1. The summed E-state index contributed by atoms with van der Waals surface area (Å²) in [4.78, 5) is 22.9. The van der Waals surface area contributed by atoms with Gasteiger partial charge < -0.3 is 20.8 Å². The van der Waals surface area contributed by atoms with E-state index in [1.807, 2.05) is 6.08 Å². The SMILES string of the molecule is CCCCCCCCCCCCC/C=C/[C@@H](O)[C@H](CO)NC(=O)CCCCCNc1ccc([N+](=O)[O-])c2nonc12. The molecular weight excluding hydrogens is 526 g/mol. The Morgan fingerprint density at radius 3 is 2.27 bits per heavy atom. The molecule has 1 aromatic heterocycles. The number of hydrogen-bond donors (Lipinski definition) is 4. The van der Waals surface area contributed by atoms with Gasteiger partial charge in [-0.3, -0.25) is 14.9 Å². The average molecular weight is 576 g/mol. The molecule has 1 aromatic carbocycles. The number of aliphatic hydroxyl groups excluding tert-OH is 2. The van der Waals surface area contributed by atoms with E-state index in [4.69, 9.17) is 0 Å². The van der Waals surface area contributed by atoms with Gasteiger partial charge in [0.25, 0.3) is 0 Å². The molecule has 4 N–H and O–H groups in total. The molecule has 0 unspecified atom stereocenters. The zero-order valence-corrected chi connectivity index (χ0v) is 24.6. The molecule has 2 rings (SSSR count). The minimum absolute atomic E-state index is 0.0984. The normalized spacial score (nSPS) is 13.0. The summed E-state index contributed by atoms with van der Waals surface area (Å²) < 4.78 is 4.66. The van der Waals surface area contributed by atoms with E-state index in [-0.39, 0.29) is 23.7 Å². The molecule has 0 bridgehead atoms. The predicted molar refractivity (Wildman–Crippen MR) is 161 cm³/mol. The number of non-ortho nitro benzene ring substituents is 1. The third kappa shape index (κ3) is 13.4. The fourth-order valence-corrected chi connectivity index (χ4v) is 4.77. The van der Waals surface area contributed by atoms with Crippen molar-refractivity contribution in [2.45, 2.75) is 122 Å². The average Bonchev–Trinajstić information content (AvgIpc) is 3.46. The maximum atomic E-state index is 12.3. The van der Waals surface area contributed by atoms with Crippen molar-refractivity contribution in [2.75, 3.05) is 18.5 Å². The first-order valence-electron chi connectivity index (χ1n) is 15.4. The summed E-state index contributed by atoms with van der Waals surface area (Å²) in [6, 6.07) is 2.21. The molecule has 230 valence electrons. The van der Waals surface area contributed by atoms with Crippen LogP contribution in [0.3, 0.4) is 0 Å². The van der Waals surface area contributed by atoms with Gasteiger partial charge in [0.15, 0.2) is 5.52 Å². The highest BCUT2D eigenvalue weighted by molar-refractivity contribution is 5.93. The number of anilines is 1. The fraction of sp³-hybridized carbons (Fsp3) is 0.700. The molecule has 0 fully saturated rings. The van der Waals surface area contributed by atoms with Gasteiger partial charge in [-0.05, 0) is 42.1 Å². The third-order valence-corrected chi connectivity index (χ3v) is 7.25. The first-order valence-corrected chi connectivity index (χ1v) is 15.4. The van der Waals surface area contributed by atoms with E-state index in [9.17, 15) is 25.1 Å². The van der Waals surface area contributed by atoms with Gasteiger partial charge in [0.1, 0.15) is 0 Å². The second kappa shape index (κ2) is 20.8. The molecule has 0 aliphatic carbocycles. The van der Waals surface area contributed by atoms with E-state index in [1.165, 1.54) is 70.3 Å². The fourth-order valence-electron chi connectivity index (χ4n) is 4.77. The van der Waals surface area contributed by atoms with Gasteiger partial charge in [-0.15, -0.1) is 0 Å². The Balaban J connectivity index is 1.52. The van der Waals surface area contributed by atoms with Gasteiger partial charge in [-0.25, -0.2) is 4.63 Å². The van der Waals surface area contributed by atoms with Gasteiger partial charge in [0.2, 0.25) is 11.4 Å². The van der Waals surface area contributed by atoms with Crippen LogP contribution in [0.15, 0.2) is 28.9 Å². The summed E-state index contributed by atoms with van der Waals surface area (Å²) >= 11 is 0. The van der Waals surface area contributed by atoms with E-state index in [0.717, 1.165) is 25.7 Å². The Labute approximate surface area is 243 Å². The van der Waals surface area contributed by atoms with Crippen LogP contribution in [0.2, 0.25) is 0 Å². The summed E-state index contributed by atoms with van der Waals surface area (Å²) in [5.41, 5.74) is 0.839. The molecule has 2 atom stereocenters. The number of benzene rings is 1. The minimum Gasteiger partial charge on any atom is -0.394 e. The Kier molecular flexibility index (Phi) is 17.3. The molecule has 1 heterocycles. The highest BCUT2D eigenvalue weighted by Gasteiger charge is 2.20. The largest absolute Gasteiger partial charge is 0.394 e. The van der Waals surface area contributed by atoms with Crippen LogP contribution in [0.5, 0.6) is 0 Å². The number of nitro benzene ring substituents is 1. The summed E-state index contributed by atoms with van der Waals surface area (Å²) in [6.45, 7) is 2.50. The zero-order chi connectivity index (χ0) is 29.7. The Bertz CT molecular complexity index is 1040. The summed E-state index contributed by atoms with van der Waals surface area (Å²) in [7, 11) is 0. The van der Waals surface area contributed by atoms with Crippen molar-refractivity contribution in [3.05, 3.63) is 34.4 Å². The molecule has 41 heavy (non-hydrogen) atoms. The molecule has 0 saturated heterocycles. The number of nitrogens with one attached hydrogen (secondary N) is 2.